The molecule has 0 fully saturated rings. The first-order valence-electron chi connectivity index (χ1n) is 7.69. The first kappa shape index (κ1) is 16.6. The van der Waals surface area contributed by atoms with Crippen LogP contribution in [0, 0.1) is 5.41 Å². The second kappa shape index (κ2) is 6.32. The maximum Gasteiger partial charge on any atom is 0.316 e. The Balaban J connectivity index is 1.90. The number of aromatic hydroxyl groups is 1. The number of benzene rings is 1. The number of thioether (sulfide) groups is 1. The Labute approximate surface area is 145 Å². The highest BCUT2D eigenvalue weighted by atomic mass is 32.2. The lowest BCUT2D eigenvalue weighted by atomic mass is 9.97. The molecule has 0 spiro atoms. The summed E-state index contributed by atoms with van der Waals surface area (Å²) in [5, 5.41) is 9.35. The molecule has 1 aliphatic rings. The number of hydrogen-bond donors (Lipinski definition) is 1. The lowest BCUT2D eigenvalue weighted by molar-refractivity contribution is -0.143. The normalized spacial score (nSPS) is 13.9. The smallest absolute Gasteiger partial charge is 0.316 e. The molecule has 0 amide bonds. The summed E-state index contributed by atoms with van der Waals surface area (Å²) in [5.74, 6) is 1.15. The van der Waals surface area contributed by atoms with Crippen molar-refractivity contribution < 1.29 is 14.6 Å². The molecular formula is C19H19NO3S. The molecule has 0 saturated heterocycles. The third-order valence-corrected chi connectivity index (χ3v) is 4.63. The van der Waals surface area contributed by atoms with Gasteiger partial charge in [0.15, 0.2) is 0 Å². The second-order valence-electron chi connectivity index (χ2n) is 6.63. The molecule has 1 aromatic carbocycles. The summed E-state index contributed by atoms with van der Waals surface area (Å²) >= 11 is 1.70. The Morgan fingerprint density at radius 2 is 2.04 bits per heavy atom. The number of ether oxygens (including phenoxy) is 1. The first-order valence-corrected chi connectivity index (χ1v) is 8.68. The van der Waals surface area contributed by atoms with Crippen LogP contribution in [0.3, 0.4) is 0 Å². The number of pyridine rings is 1. The predicted octanol–water partition coefficient (Wildman–Crippen LogP) is 4.28. The fraction of sp³-hybridized carbons (Fsp3) is 0.263. The van der Waals surface area contributed by atoms with Crippen molar-refractivity contribution in [2.24, 2.45) is 5.41 Å². The van der Waals surface area contributed by atoms with Gasteiger partial charge in [0.1, 0.15) is 5.75 Å². The van der Waals surface area contributed by atoms with E-state index < -0.39 is 5.41 Å². The fourth-order valence-electron chi connectivity index (χ4n) is 2.31. The minimum Gasteiger partial charge on any atom is -0.493 e. The summed E-state index contributed by atoms with van der Waals surface area (Å²) < 4.78 is 5.48. The Kier molecular flexibility index (Phi) is 4.37. The number of fused-ring (bicyclic) bond motifs is 1. The number of carbonyl (C=O) groups excluding carboxylic acids is 1. The van der Waals surface area contributed by atoms with Crippen LogP contribution < -0.4 is 4.74 Å². The van der Waals surface area contributed by atoms with Crippen LogP contribution in [0.25, 0.3) is 5.57 Å². The van der Waals surface area contributed by atoms with E-state index in [1.54, 1.807) is 24.0 Å². The molecule has 2 aromatic rings. The molecule has 124 valence electrons. The first-order chi connectivity index (χ1) is 11.3. The topological polar surface area (TPSA) is 59.4 Å². The summed E-state index contributed by atoms with van der Waals surface area (Å²) in [5.41, 5.74) is 2.57. The van der Waals surface area contributed by atoms with Gasteiger partial charge in [0, 0.05) is 28.5 Å². The van der Waals surface area contributed by atoms with Gasteiger partial charge in [-0.05, 0) is 56.2 Å². The zero-order valence-corrected chi connectivity index (χ0v) is 14.7. The van der Waals surface area contributed by atoms with Crippen LogP contribution in [0.1, 0.15) is 31.9 Å². The molecule has 0 atom stereocenters. The summed E-state index contributed by atoms with van der Waals surface area (Å²) in [6.07, 6.45) is 3.80. The van der Waals surface area contributed by atoms with Gasteiger partial charge in [-0.2, -0.15) is 0 Å². The van der Waals surface area contributed by atoms with Crippen LogP contribution >= 0.6 is 11.8 Å². The lowest BCUT2D eigenvalue weighted by Gasteiger charge is -2.20. The number of aromatic nitrogens is 1. The van der Waals surface area contributed by atoms with Crippen molar-refractivity contribution in [2.75, 3.05) is 5.75 Å². The molecule has 0 radical (unpaired) electrons. The molecule has 1 N–H and O–H groups in total. The molecule has 1 aliphatic heterocycles. The lowest BCUT2D eigenvalue weighted by Crippen LogP contribution is -2.25. The van der Waals surface area contributed by atoms with E-state index in [0.29, 0.717) is 5.75 Å². The van der Waals surface area contributed by atoms with Crippen molar-refractivity contribution in [2.45, 2.75) is 25.7 Å². The third kappa shape index (κ3) is 3.46. The maximum absolute atomic E-state index is 12.0. The fourth-order valence-corrected chi connectivity index (χ4v) is 3.27. The van der Waals surface area contributed by atoms with E-state index in [-0.39, 0.29) is 11.8 Å². The average molecular weight is 341 g/mol. The van der Waals surface area contributed by atoms with Crippen molar-refractivity contribution in [3.8, 4) is 11.6 Å². The SMILES string of the molecule is CC(C)(C)C(=O)Oc1ccc2c(c1)SCC=C2c1ccc(O)nc1. The van der Waals surface area contributed by atoms with E-state index in [4.69, 9.17) is 4.74 Å². The highest BCUT2D eigenvalue weighted by Gasteiger charge is 2.24. The molecule has 0 unspecified atom stereocenters. The Morgan fingerprint density at radius 3 is 2.71 bits per heavy atom. The number of esters is 1. The summed E-state index contributed by atoms with van der Waals surface area (Å²) in [4.78, 5) is 17.1. The monoisotopic (exact) mass is 341 g/mol. The van der Waals surface area contributed by atoms with Crippen LogP contribution in [-0.4, -0.2) is 21.8 Å². The van der Waals surface area contributed by atoms with Gasteiger partial charge in [-0.25, -0.2) is 4.98 Å². The zero-order chi connectivity index (χ0) is 17.3. The predicted molar refractivity (Wildman–Crippen MR) is 95.2 cm³/mol. The Bertz CT molecular complexity index is 804. The average Bonchev–Trinajstić information content (AvgIpc) is 2.54. The van der Waals surface area contributed by atoms with Crippen molar-refractivity contribution in [1.29, 1.82) is 0 Å². The van der Waals surface area contributed by atoms with Gasteiger partial charge >= 0.3 is 5.97 Å². The molecular weight excluding hydrogens is 322 g/mol. The summed E-state index contributed by atoms with van der Waals surface area (Å²) in [6.45, 7) is 5.50. The highest BCUT2D eigenvalue weighted by Crippen LogP contribution is 2.39. The maximum atomic E-state index is 12.0. The van der Waals surface area contributed by atoms with E-state index in [1.807, 2.05) is 45.0 Å². The molecule has 5 heteroatoms. The molecule has 24 heavy (non-hydrogen) atoms. The van der Waals surface area contributed by atoms with Gasteiger partial charge in [0.2, 0.25) is 5.88 Å². The van der Waals surface area contributed by atoms with Crippen LogP contribution in [0.4, 0.5) is 0 Å². The number of carbonyl (C=O) groups is 1. The summed E-state index contributed by atoms with van der Waals surface area (Å²) in [6, 6.07) is 9.12. The van der Waals surface area contributed by atoms with E-state index in [9.17, 15) is 9.90 Å². The third-order valence-electron chi connectivity index (χ3n) is 3.65. The molecule has 0 bridgehead atoms. The van der Waals surface area contributed by atoms with Crippen molar-refractivity contribution in [3.63, 3.8) is 0 Å². The van der Waals surface area contributed by atoms with Crippen LogP contribution in [0.15, 0.2) is 47.5 Å². The van der Waals surface area contributed by atoms with E-state index in [1.165, 1.54) is 0 Å². The van der Waals surface area contributed by atoms with Crippen molar-refractivity contribution in [3.05, 3.63) is 53.7 Å². The van der Waals surface area contributed by atoms with Gasteiger partial charge in [-0.3, -0.25) is 4.79 Å². The van der Waals surface area contributed by atoms with Crippen molar-refractivity contribution in [1.82, 2.24) is 4.98 Å². The van der Waals surface area contributed by atoms with Gasteiger partial charge in [0.25, 0.3) is 0 Å². The Hall–Kier alpha value is -2.27. The minimum atomic E-state index is -0.536. The van der Waals surface area contributed by atoms with E-state index in [2.05, 4.69) is 11.1 Å². The molecule has 0 saturated carbocycles. The zero-order valence-electron chi connectivity index (χ0n) is 13.9. The second-order valence-corrected chi connectivity index (χ2v) is 7.69. The largest absolute Gasteiger partial charge is 0.493 e. The van der Waals surface area contributed by atoms with E-state index >= 15 is 0 Å². The Morgan fingerprint density at radius 1 is 1.25 bits per heavy atom. The van der Waals surface area contributed by atoms with Gasteiger partial charge in [0.05, 0.1) is 5.41 Å². The van der Waals surface area contributed by atoms with Gasteiger partial charge in [-0.15, -0.1) is 11.8 Å². The highest BCUT2D eigenvalue weighted by molar-refractivity contribution is 7.99. The van der Waals surface area contributed by atoms with E-state index in [0.717, 1.165) is 27.3 Å². The van der Waals surface area contributed by atoms with Crippen LogP contribution in [0.2, 0.25) is 0 Å². The molecule has 3 rings (SSSR count). The number of rotatable bonds is 2. The standard InChI is InChI=1S/C19H19NO3S/c1-19(2,3)18(22)23-13-5-6-15-14(8-9-24-16(15)10-13)12-4-7-17(21)20-11-12/h4-8,10-11H,9H2,1-3H3,(H,20,21). The summed E-state index contributed by atoms with van der Waals surface area (Å²) in [7, 11) is 0. The molecule has 0 aliphatic carbocycles. The van der Waals surface area contributed by atoms with Crippen LogP contribution in [-0.2, 0) is 4.79 Å². The minimum absolute atomic E-state index is 0.00852. The van der Waals surface area contributed by atoms with Gasteiger partial charge in [-0.1, -0.05) is 6.08 Å². The van der Waals surface area contributed by atoms with Gasteiger partial charge < -0.3 is 9.84 Å². The molecule has 1 aromatic heterocycles. The molecule has 2 heterocycles. The number of nitrogens with zero attached hydrogens (tertiary/aromatic N) is 1. The number of hydrogen-bond acceptors (Lipinski definition) is 5. The van der Waals surface area contributed by atoms with Crippen molar-refractivity contribution >= 4 is 23.3 Å². The van der Waals surface area contributed by atoms with Crippen LogP contribution in [0.5, 0.6) is 11.6 Å². The quantitative estimate of drug-likeness (QED) is 0.653. The molecule has 4 nitrogen and oxygen atoms in total.